The fraction of sp³-hybridized carbons (Fsp3) is 0.286. The van der Waals surface area contributed by atoms with Crippen LogP contribution in [0.5, 0.6) is 5.88 Å². The Labute approximate surface area is 120 Å². The van der Waals surface area contributed by atoms with Gasteiger partial charge >= 0.3 is 0 Å². The lowest BCUT2D eigenvalue weighted by Gasteiger charge is -2.09. The quantitative estimate of drug-likeness (QED) is 0.890. The molecule has 1 aromatic heterocycles. The predicted octanol–water partition coefficient (Wildman–Crippen LogP) is 2.30. The van der Waals surface area contributed by atoms with Crippen molar-refractivity contribution < 1.29 is 9.84 Å². The lowest BCUT2D eigenvalue weighted by Crippen LogP contribution is -2.16. The molecule has 1 atom stereocenters. The van der Waals surface area contributed by atoms with E-state index in [0.29, 0.717) is 29.6 Å². The Hall–Kier alpha value is -1.85. The minimum absolute atomic E-state index is 0.0351. The smallest absolute Gasteiger partial charge is 0.262 e. The fourth-order valence-corrected chi connectivity index (χ4v) is 2.42. The van der Waals surface area contributed by atoms with Crippen LogP contribution in [0.2, 0.25) is 5.02 Å². The second kappa shape index (κ2) is 5.26. The Kier molecular flexibility index (Phi) is 3.46. The van der Waals surface area contributed by atoms with Crippen LogP contribution in [0, 0.1) is 0 Å². The first-order valence-corrected chi connectivity index (χ1v) is 6.70. The van der Waals surface area contributed by atoms with Gasteiger partial charge in [-0.25, -0.2) is 0 Å². The van der Waals surface area contributed by atoms with Crippen LogP contribution in [0.1, 0.15) is 18.2 Å². The largest absolute Gasteiger partial charge is 0.493 e. The Bertz CT molecular complexity index is 676. The normalized spacial score (nSPS) is 18.4. The third-order valence-corrected chi connectivity index (χ3v) is 3.62. The van der Waals surface area contributed by atoms with Crippen molar-refractivity contribution in [2.45, 2.75) is 12.3 Å². The highest BCUT2D eigenvalue weighted by Crippen LogP contribution is 2.28. The maximum Gasteiger partial charge on any atom is 0.262 e. The van der Waals surface area contributed by atoms with Gasteiger partial charge in [0.1, 0.15) is 11.4 Å². The number of benzene rings is 1. The molecule has 3 rings (SSSR count). The van der Waals surface area contributed by atoms with Crippen LogP contribution in [0.15, 0.2) is 29.1 Å². The molecular formula is C14H13ClN2O3. The molecule has 1 fully saturated rings. The first-order chi connectivity index (χ1) is 9.65. The molecule has 1 saturated heterocycles. The molecule has 104 valence electrons. The lowest BCUT2D eigenvalue weighted by atomic mass is 10.1. The molecule has 0 amide bonds. The van der Waals surface area contributed by atoms with Gasteiger partial charge in [-0.3, -0.25) is 4.79 Å². The number of nitrogens with zero attached hydrogens (tertiary/aromatic N) is 1. The van der Waals surface area contributed by atoms with E-state index in [2.05, 4.69) is 9.97 Å². The van der Waals surface area contributed by atoms with Gasteiger partial charge in [0.05, 0.1) is 6.61 Å². The highest BCUT2D eigenvalue weighted by atomic mass is 35.5. The number of aromatic nitrogens is 2. The van der Waals surface area contributed by atoms with Crippen molar-refractivity contribution in [1.82, 2.24) is 9.97 Å². The summed E-state index contributed by atoms with van der Waals surface area (Å²) < 4.78 is 5.26. The minimum atomic E-state index is -0.360. The number of aromatic amines is 1. The van der Waals surface area contributed by atoms with Crippen LogP contribution < -0.4 is 5.56 Å². The second-order valence-electron chi connectivity index (χ2n) is 4.72. The molecule has 0 aliphatic carbocycles. The summed E-state index contributed by atoms with van der Waals surface area (Å²) >= 11 is 5.81. The van der Waals surface area contributed by atoms with Gasteiger partial charge in [0.2, 0.25) is 5.88 Å². The molecule has 0 radical (unpaired) electrons. The summed E-state index contributed by atoms with van der Waals surface area (Å²) in [4.78, 5) is 19.0. The molecule has 5 nitrogen and oxygen atoms in total. The summed E-state index contributed by atoms with van der Waals surface area (Å²) in [6, 6.07) is 6.67. The van der Waals surface area contributed by atoms with E-state index in [0.717, 1.165) is 6.42 Å². The summed E-state index contributed by atoms with van der Waals surface area (Å²) in [5.74, 6) is 0.244. The summed E-state index contributed by atoms with van der Waals surface area (Å²) in [6.07, 6.45) is 0.794. The SMILES string of the molecule is O=c1[nH]c(C2CCOC2)nc(O)c1-c1ccc(Cl)cc1. The van der Waals surface area contributed by atoms with E-state index in [1.165, 1.54) is 0 Å². The van der Waals surface area contributed by atoms with Gasteiger partial charge in [-0.05, 0) is 24.1 Å². The summed E-state index contributed by atoms with van der Waals surface area (Å²) in [6.45, 7) is 1.16. The first kappa shape index (κ1) is 13.1. The average Bonchev–Trinajstić information content (AvgIpc) is 2.94. The molecule has 0 saturated carbocycles. The van der Waals surface area contributed by atoms with Crippen LogP contribution in [-0.2, 0) is 4.74 Å². The van der Waals surface area contributed by atoms with E-state index < -0.39 is 0 Å². The van der Waals surface area contributed by atoms with Crippen LogP contribution in [-0.4, -0.2) is 28.3 Å². The average molecular weight is 293 g/mol. The Morgan fingerprint density at radius 2 is 2.10 bits per heavy atom. The van der Waals surface area contributed by atoms with Gasteiger partial charge in [-0.15, -0.1) is 0 Å². The minimum Gasteiger partial charge on any atom is -0.493 e. The number of hydrogen-bond donors (Lipinski definition) is 2. The molecular weight excluding hydrogens is 280 g/mol. The molecule has 1 aromatic carbocycles. The third kappa shape index (κ3) is 2.42. The number of halogens is 1. The summed E-state index contributed by atoms with van der Waals surface area (Å²) in [5, 5.41) is 10.6. The van der Waals surface area contributed by atoms with Crippen molar-refractivity contribution in [3.8, 4) is 17.0 Å². The van der Waals surface area contributed by atoms with Gasteiger partial charge in [0.25, 0.3) is 5.56 Å². The lowest BCUT2D eigenvalue weighted by molar-refractivity contribution is 0.193. The van der Waals surface area contributed by atoms with E-state index in [9.17, 15) is 9.90 Å². The molecule has 1 aliphatic rings. The van der Waals surface area contributed by atoms with Crippen LogP contribution in [0.4, 0.5) is 0 Å². The van der Waals surface area contributed by atoms with Crippen molar-refractivity contribution in [2.24, 2.45) is 0 Å². The van der Waals surface area contributed by atoms with Gasteiger partial charge in [-0.2, -0.15) is 4.98 Å². The van der Waals surface area contributed by atoms with Crippen molar-refractivity contribution in [3.63, 3.8) is 0 Å². The van der Waals surface area contributed by atoms with Crippen molar-refractivity contribution in [1.29, 1.82) is 0 Å². The predicted molar refractivity (Wildman–Crippen MR) is 75.1 cm³/mol. The highest BCUT2D eigenvalue weighted by molar-refractivity contribution is 6.30. The van der Waals surface area contributed by atoms with Crippen LogP contribution in [0.3, 0.4) is 0 Å². The fourth-order valence-electron chi connectivity index (χ4n) is 2.30. The molecule has 1 aliphatic heterocycles. The molecule has 6 heteroatoms. The molecule has 2 heterocycles. The maximum atomic E-state index is 12.2. The van der Waals surface area contributed by atoms with E-state index in [-0.39, 0.29) is 22.9 Å². The van der Waals surface area contributed by atoms with Gasteiger partial charge in [0, 0.05) is 17.5 Å². The van der Waals surface area contributed by atoms with E-state index in [1.807, 2.05) is 0 Å². The van der Waals surface area contributed by atoms with Gasteiger partial charge in [-0.1, -0.05) is 23.7 Å². The van der Waals surface area contributed by atoms with E-state index in [1.54, 1.807) is 24.3 Å². The number of H-pyrrole nitrogens is 1. The van der Waals surface area contributed by atoms with E-state index >= 15 is 0 Å². The third-order valence-electron chi connectivity index (χ3n) is 3.37. The zero-order valence-corrected chi connectivity index (χ0v) is 11.4. The van der Waals surface area contributed by atoms with Crippen molar-refractivity contribution in [2.75, 3.05) is 13.2 Å². The number of rotatable bonds is 2. The van der Waals surface area contributed by atoms with Crippen LogP contribution >= 0.6 is 11.6 Å². The molecule has 0 bridgehead atoms. The number of hydrogen-bond acceptors (Lipinski definition) is 4. The zero-order chi connectivity index (χ0) is 14.1. The van der Waals surface area contributed by atoms with Gasteiger partial charge in [0.15, 0.2) is 0 Å². The van der Waals surface area contributed by atoms with E-state index in [4.69, 9.17) is 16.3 Å². The topological polar surface area (TPSA) is 75.2 Å². The Balaban J connectivity index is 2.04. The Morgan fingerprint density at radius 1 is 1.35 bits per heavy atom. The first-order valence-electron chi connectivity index (χ1n) is 6.32. The summed E-state index contributed by atoms with van der Waals surface area (Å²) in [7, 11) is 0. The second-order valence-corrected chi connectivity index (χ2v) is 5.15. The number of aromatic hydroxyl groups is 1. The maximum absolute atomic E-state index is 12.2. The standard InChI is InChI=1S/C14H13ClN2O3/c15-10-3-1-8(2-4-10)11-13(18)16-12(17-14(11)19)9-5-6-20-7-9/h1-4,9H,5-7H2,(H2,16,17,18,19). The molecule has 2 aromatic rings. The number of nitrogens with one attached hydrogen (secondary N) is 1. The van der Waals surface area contributed by atoms with Crippen LogP contribution in [0.25, 0.3) is 11.1 Å². The van der Waals surface area contributed by atoms with Crippen molar-refractivity contribution >= 4 is 11.6 Å². The Morgan fingerprint density at radius 3 is 2.70 bits per heavy atom. The molecule has 0 spiro atoms. The monoisotopic (exact) mass is 292 g/mol. The molecule has 20 heavy (non-hydrogen) atoms. The summed E-state index contributed by atoms with van der Waals surface area (Å²) in [5.41, 5.74) is 0.376. The molecule has 2 N–H and O–H groups in total. The van der Waals surface area contributed by atoms with Gasteiger partial charge < -0.3 is 14.8 Å². The van der Waals surface area contributed by atoms with Crippen molar-refractivity contribution in [3.05, 3.63) is 45.5 Å². The zero-order valence-electron chi connectivity index (χ0n) is 10.6. The molecule has 1 unspecified atom stereocenters. The highest BCUT2D eigenvalue weighted by Gasteiger charge is 2.22. The number of ether oxygens (including phenoxy) is 1.